The third kappa shape index (κ3) is 3.62. The molecule has 0 spiro atoms. The third-order valence-electron chi connectivity index (χ3n) is 5.78. The van der Waals surface area contributed by atoms with Crippen LogP contribution in [0.5, 0.6) is 0 Å². The Morgan fingerprint density at radius 1 is 1.07 bits per heavy atom. The highest BCUT2D eigenvalue weighted by molar-refractivity contribution is 6.31. The molecule has 5 heteroatoms. The lowest BCUT2D eigenvalue weighted by atomic mass is 9.69. The molecule has 29 heavy (non-hydrogen) atoms. The monoisotopic (exact) mass is 411 g/mol. The van der Waals surface area contributed by atoms with Crippen LogP contribution in [0.4, 0.5) is 10.1 Å². The van der Waals surface area contributed by atoms with Crippen LogP contribution < -0.4 is 4.90 Å². The first-order valence-electron chi connectivity index (χ1n) is 9.77. The first-order chi connectivity index (χ1) is 13.7. The summed E-state index contributed by atoms with van der Waals surface area (Å²) in [6.07, 6.45) is 1.24. The van der Waals surface area contributed by atoms with Crippen molar-refractivity contribution in [1.29, 1.82) is 0 Å². The van der Waals surface area contributed by atoms with E-state index in [4.69, 9.17) is 11.6 Å². The standard InChI is InChI=1S/C24H23ClFNO2/c1-14-4-6-15(7-5-14)17-11-22(29)27(16-8-9-19(26)18(25)10-16)20-12-24(2,3)13-21(28)23(17)20/h4-10,17H,11-13H2,1-3H3. The Balaban J connectivity index is 1.89. The van der Waals surface area contributed by atoms with Crippen molar-refractivity contribution in [2.24, 2.45) is 5.41 Å². The zero-order chi connectivity index (χ0) is 20.9. The van der Waals surface area contributed by atoms with Crippen molar-refractivity contribution in [3.05, 3.63) is 75.7 Å². The highest BCUT2D eigenvalue weighted by Gasteiger charge is 2.44. The summed E-state index contributed by atoms with van der Waals surface area (Å²) in [5.74, 6) is -0.824. The molecule has 0 N–H and O–H groups in total. The molecule has 1 aliphatic carbocycles. The lowest BCUT2D eigenvalue weighted by Crippen LogP contribution is -2.43. The summed E-state index contributed by atoms with van der Waals surface area (Å²) in [7, 11) is 0. The Morgan fingerprint density at radius 3 is 2.41 bits per heavy atom. The average molecular weight is 412 g/mol. The number of benzene rings is 2. The number of carbonyl (C=O) groups is 2. The Bertz CT molecular complexity index is 1040. The summed E-state index contributed by atoms with van der Waals surface area (Å²) in [4.78, 5) is 28.0. The maximum Gasteiger partial charge on any atom is 0.232 e. The topological polar surface area (TPSA) is 37.4 Å². The van der Waals surface area contributed by atoms with E-state index < -0.39 is 5.82 Å². The molecule has 4 rings (SSSR count). The fraction of sp³-hybridized carbons (Fsp3) is 0.333. The van der Waals surface area contributed by atoms with E-state index in [0.29, 0.717) is 24.1 Å². The Morgan fingerprint density at radius 2 is 1.76 bits per heavy atom. The maximum atomic E-state index is 13.7. The third-order valence-corrected chi connectivity index (χ3v) is 6.07. The Kier molecular flexibility index (Phi) is 4.86. The van der Waals surface area contributed by atoms with Crippen LogP contribution in [0.3, 0.4) is 0 Å². The average Bonchev–Trinajstić information content (AvgIpc) is 2.63. The van der Waals surface area contributed by atoms with E-state index in [-0.39, 0.29) is 34.5 Å². The summed E-state index contributed by atoms with van der Waals surface area (Å²) in [5, 5.41) is -0.0421. The minimum Gasteiger partial charge on any atom is -0.294 e. The van der Waals surface area contributed by atoms with Crippen molar-refractivity contribution < 1.29 is 14.0 Å². The number of halogens is 2. The highest BCUT2D eigenvalue weighted by atomic mass is 35.5. The van der Waals surface area contributed by atoms with E-state index >= 15 is 0 Å². The number of carbonyl (C=O) groups excluding carboxylic acids is 2. The van der Waals surface area contributed by atoms with Crippen LogP contribution in [0, 0.1) is 18.2 Å². The van der Waals surface area contributed by atoms with Crippen molar-refractivity contribution in [3.8, 4) is 0 Å². The number of rotatable bonds is 2. The summed E-state index contributed by atoms with van der Waals surface area (Å²) >= 11 is 5.98. The molecule has 2 aliphatic rings. The lowest BCUT2D eigenvalue weighted by molar-refractivity contribution is -0.121. The molecular weight excluding hydrogens is 389 g/mol. The number of amides is 1. The Hall–Kier alpha value is -2.46. The molecule has 1 amide bonds. The molecule has 150 valence electrons. The molecule has 2 aromatic carbocycles. The van der Waals surface area contributed by atoms with Gasteiger partial charge in [-0.2, -0.15) is 0 Å². The summed E-state index contributed by atoms with van der Waals surface area (Å²) in [5.41, 5.74) is 3.77. The predicted octanol–water partition coefficient (Wildman–Crippen LogP) is 5.95. The normalized spacial score (nSPS) is 21.4. The number of Topliss-reactive ketones (excluding diaryl/α,β-unsaturated/α-hetero) is 1. The van der Waals surface area contributed by atoms with E-state index in [1.165, 1.54) is 12.1 Å². The number of ketones is 1. The predicted molar refractivity (Wildman–Crippen MR) is 112 cm³/mol. The molecule has 1 unspecified atom stereocenters. The second-order valence-corrected chi connectivity index (χ2v) is 9.20. The minimum absolute atomic E-state index is 0.0421. The first kappa shape index (κ1) is 19.8. The van der Waals surface area contributed by atoms with Crippen LogP contribution in [0.2, 0.25) is 5.02 Å². The second-order valence-electron chi connectivity index (χ2n) is 8.80. The molecular formula is C24H23ClFNO2. The fourth-order valence-electron chi connectivity index (χ4n) is 4.42. The quantitative estimate of drug-likeness (QED) is 0.612. The molecule has 0 radical (unpaired) electrons. The van der Waals surface area contributed by atoms with Crippen LogP contribution in [0.25, 0.3) is 0 Å². The van der Waals surface area contributed by atoms with Crippen molar-refractivity contribution in [1.82, 2.24) is 0 Å². The lowest BCUT2D eigenvalue weighted by Gasteiger charge is -2.43. The van der Waals surface area contributed by atoms with Gasteiger partial charge in [0.05, 0.1) is 10.7 Å². The zero-order valence-corrected chi connectivity index (χ0v) is 17.5. The molecule has 0 saturated heterocycles. The van der Waals surface area contributed by atoms with Gasteiger partial charge in [0.1, 0.15) is 5.82 Å². The molecule has 0 saturated carbocycles. The smallest absolute Gasteiger partial charge is 0.232 e. The molecule has 3 nitrogen and oxygen atoms in total. The van der Waals surface area contributed by atoms with Gasteiger partial charge in [-0.25, -0.2) is 4.39 Å². The Labute approximate surface area is 175 Å². The van der Waals surface area contributed by atoms with E-state index in [1.54, 1.807) is 11.0 Å². The van der Waals surface area contributed by atoms with Crippen molar-refractivity contribution >= 4 is 29.0 Å². The van der Waals surface area contributed by atoms with Gasteiger partial charge in [-0.15, -0.1) is 0 Å². The number of anilines is 1. The van der Waals surface area contributed by atoms with Crippen molar-refractivity contribution in [2.75, 3.05) is 4.90 Å². The SMILES string of the molecule is Cc1ccc(C2CC(=O)N(c3ccc(F)c(Cl)c3)C3=C2C(=O)CC(C)(C)C3)cc1. The van der Waals surface area contributed by atoms with Gasteiger partial charge in [0.2, 0.25) is 5.91 Å². The molecule has 1 aliphatic heterocycles. The van der Waals surface area contributed by atoms with Gasteiger partial charge in [0, 0.05) is 30.0 Å². The summed E-state index contributed by atoms with van der Waals surface area (Å²) in [6, 6.07) is 12.3. The maximum absolute atomic E-state index is 13.7. The van der Waals surface area contributed by atoms with E-state index in [0.717, 1.165) is 16.8 Å². The minimum atomic E-state index is -0.535. The summed E-state index contributed by atoms with van der Waals surface area (Å²) in [6.45, 7) is 6.07. The molecule has 0 bridgehead atoms. The van der Waals surface area contributed by atoms with E-state index in [1.807, 2.05) is 45.0 Å². The van der Waals surface area contributed by atoms with Gasteiger partial charge in [0.25, 0.3) is 0 Å². The van der Waals surface area contributed by atoms with Crippen LogP contribution >= 0.6 is 11.6 Å². The zero-order valence-electron chi connectivity index (χ0n) is 16.8. The van der Waals surface area contributed by atoms with Gasteiger partial charge in [0.15, 0.2) is 5.78 Å². The van der Waals surface area contributed by atoms with Gasteiger partial charge < -0.3 is 0 Å². The van der Waals surface area contributed by atoms with Gasteiger partial charge >= 0.3 is 0 Å². The van der Waals surface area contributed by atoms with Gasteiger partial charge in [-0.3, -0.25) is 14.5 Å². The van der Waals surface area contributed by atoms with Crippen LogP contribution in [-0.4, -0.2) is 11.7 Å². The number of hydrogen-bond acceptors (Lipinski definition) is 2. The van der Waals surface area contributed by atoms with Crippen LogP contribution in [0.15, 0.2) is 53.7 Å². The molecule has 1 atom stereocenters. The van der Waals surface area contributed by atoms with Crippen molar-refractivity contribution in [2.45, 2.75) is 46.0 Å². The number of hydrogen-bond donors (Lipinski definition) is 0. The van der Waals surface area contributed by atoms with E-state index in [2.05, 4.69) is 0 Å². The van der Waals surface area contributed by atoms with Crippen LogP contribution in [0.1, 0.15) is 50.2 Å². The highest BCUT2D eigenvalue weighted by Crippen LogP contribution is 2.48. The van der Waals surface area contributed by atoms with Gasteiger partial charge in [-0.1, -0.05) is 55.3 Å². The second kappa shape index (κ2) is 7.10. The summed E-state index contributed by atoms with van der Waals surface area (Å²) < 4.78 is 13.7. The van der Waals surface area contributed by atoms with E-state index in [9.17, 15) is 14.0 Å². The molecule has 0 aromatic heterocycles. The van der Waals surface area contributed by atoms with Crippen molar-refractivity contribution in [3.63, 3.8) is 0 Å². The first-order valence-corrected chi connectivity index (χ1v) is 10.1. The number of aryl methyl sites for hydroxylation is 1. The molecule has 0 fully saturated rings. The fourth-order valence-corrected chi connectivity index (χ4v) is 4.60. The molecule has 1 heterocycles. The van der Waals surface area contributed by atoms with Crippen LogP contribution in [-0.2, 0) is 9.59 Å². The molecule has 2 aromatic rings. The van der Waals surface area contributed by atoms with Gasteiger partial charge in [-0.05, 0) is 42.5 Å². The largest absolute Gasteiger partial charge is 0.294 e. The number of allylic oxidation sites excluding steroid dienone is 2. The number of nitrogens with zero attached hydrogens (tertiary/aromatic N) is 1.